The summed E-state index contributed by atoms with van der Waals surface area (Å²) in [6, 6.07) is 8.33. The number of aliphatic carboxylic acids is 1. The molecule has 2 aromatic heterocycles. The van der Waals surface area contributed by atoms with Crippen LogP contribution in [0.4, 0.5) is 10.2 Å². The van der Waals surface area contributed by atoms with E-state index in [1.54, 1.807) is 12.1 Å². The van der Waals surface area contributed by atoms with Crippen molar-refractivity contribution in [3.63, 3.8) is 0 Å². The molecule has 1 aliphatic heterocycles. The van der Waals surface area contributed by atoms with E-state index < -0.39 is 5.97 Å². The lowest BCUT2D eigenvalue weighted by Gasteiger charge is -2.32. The predicted octanol–water partition coefficient (Wildman–Crippen LogP) is 3.45. The standard InChI is InChI=1S/C20H21FN4O2/c1-12-11-17(24-9-7-15(8-10-24)20(26)27)25-19(22-12)18(13(2)23-25)14-3-5-16(21)6-4-14/h3-6,11,15H,7-10H2,1-2H3,(H,26,27). The number of fused-ring (bicyclic) bond motifs is 1. The van der Waals surface area contributed by atoms with Crippen LogP contribution in [0, 0.1) is 25.6 Å². The number of carboxylic acids is 1. The van der Waals surface area contributed by atoms with Crippen LogP contribution in [0.2, 0.25) is 0 Å². The number of aromatic nitrogens is 3. The van der Waals surface area contributed by atoms with Gasteiger partial charge in [0.1, 0.15) is 11.6 Å². The predicted molar refractivity (Wildman–Crippen MR) is 100 cm³/mol. The van der Waals surface area contributed by atoms with E-state index >= 15 is 0 Å². The fourth-order valence-corrected chi connectivity index (χ4v) is 3.76. The Morgan fingerprint density at radius 1 is 1.19 bits per heavy atom. The molecule has 0 aliphatic carbocycles. The van der Waals surface area contributed by atoms with Crippen molar-refractivity contribution in [3.05, 3.63) is 47.5 Å². The number of nitrogens with zero attached hydrogens (tertiary/aromatic N) is 4. The quantitative estimate of drug-likeness (QED) is 0.767. The molecular weight excluding hydrogens is 347 g/mol. The number of carboxylic acid groups (broad SMARTS) is 1. The van der Waals surface area contributed by atoms with E-state index in [-0.39, 0.29) is 11.7 Å². The number of anilines is 1. The molecule has 27 heavy (non-hydrogen) atoms. The second-order valence-electron chi connectivity index (χ2n) is 7.06. The van der Waals surface area contributed by atoms with Gasteiger partial charge < -0.3 is 10.0 Å². The fourth-order valence-electron chi connectivity index (χ4n) is 3.76. The summed E-state index contributed by atoms with van der Waals surface area (Å²) >= 11 is 0. The van der Waals surface area contributed by atoms with Crippen molar-refractivity contribution >= 4 is 17.4 Å². The molecule has 3 aromatic rings. The average molecular weight is 368 g/mol. The Kier molecular flexibility index (Phi) is 4.30. The van der Waals surface area contributed by atoms with Crippen LogP contribution < -0.4 is 4.90 Å². The highest BCUT2D eigenvalue weighted by molar-refractivity contribution is 5.81. The van der Waals surface area contributed by atoms with E-state index in [0.717, 1.165) is 34.0 Å². The van der Waals surface area contributed by atoms with Crippen molar-refractivity contribution in [3.8, 4) is 11.1 Å². The van der Waals surface area contributed by atoms with E-state index in [4.69, 9.17) is 0 Å². The Hall–Kier alpha value is -2.96. The summed E-state index contributed by atoms with van der Waals surface area (Å²) in [5, 5.41) is 13.9. The lowest BCUT2D eigenvalue weighted by Crippen LogP contribution is -2.37. The number of hydrogen-bond donors (Lipinski definition) is 1. The summed E-state index contributed by atoms with van der Waals surface area (Å²) in [5.74, 6) is -0.371. The topological polar surface area (TPSA) is 70.7 Å². The Morgan fingerprint density at radius 3 is 2.48 bits per heavy atom. The van der Waals surface area contributed by atoms with Crippen LogP contribution in [0.5, 0.6) is 0 Å². The molecule has 0 amide bonds. The number of hydrogen-bond acceptors (Lipinski definition) is 4. The van der Waals surface area contributed by atoms with Crippen molar-refractivity contribution in [1.82, 2.24) is 14.6 Å². The molecule has 1 N–H and O–H groups in total. The second kappa shape index (κ2) is 6.64. The minimum Gasteiger partial charge on any atom is -0.481 e. The van der Waals surface area contributed by atoms with Crippen LogP contribution in [0.3, 0.4) is 0 Å². The summed E-state index contributed by atoms with van der Waals surface area (Å²) < 4.78 is 15.1. The molecule has 0 radical (unpaired) electrons. The van der Waals surface area contributed by atoms with Crippen molar-refractivity contribution < 1.29 is 14.3 Å². The van der Waals surface area contributed by atoms with Gasteiger partial charge in [0, 0.05) is 30.4 Å². The molecule has 0 unspecified atom stereocenters. The minimum atomic E-state index is -0.723. The smallest absolute Gasteiger partial charge is 0.306 e. The molecule has 4 rings (SSSR count). The molecule has 6 nitrogen and oxygen atoms in total. The molecule has 0 bridgehead atoms. The summed E-state index contributed by atoms with van der Waals surface area (Å²) in [6.45, 7) is 5.19. The number of rotatable bonds is 3. The highest BCUT2D eigenvalue weighted by atomic mass is 19.1. The molecular formula is C20H21FN4O2. The van der Waals surface area contributed by atoms with Gasteiger partial charge in [-0.1, -0.05) is 12.1 Å². The zero-order chi connectivity index (χ0) is 19.1. The van der Waals surface area contributed by atoms with Gasteiger partial charge in [-0.15, -0.1) is 0 Å². The molecule has 7 heteroatoms. The lowest BCUT2D eigenvalue weighted by atomic mass is 9.97. The number of benzene rings is 1. The maximum absolute atomic E-state index is 13.3. The van der Waals surface area contributed by atoms with Gasteiger partial charge in [-0.2, -0.15) is 9.61 Å². The SMILES string of the molecule is Cc1cc(N2CCC(C(=O)O)CC2)n2nc(C)c(-c3ccc(F)cc3)c2n1. The summed E-state index contributed by atoms with van der Waals surface area (Å²) in [5.41, 5.74) is 4.18. The molecule has 1 fully saturated rings. The monoisotopic (exact) mass is 368 g/mol. The number of aryl methyl sites for hydroxylation is 2. The molecule has 0 atom stereocenters. The molecule has 0 saturated carbocycles. The maximum atomic E-state index is 13.3. The lowest BCUT2D eigenvalue weighted by molar-refractivity contribution is -0.142. The fraction of sp³-hybridized carbons (Fsp3) is 0.350. The van der Waals surface area contributed by atoms with E-state index in [1.165, 1.54) is 12.1 Å². The molecule has 1 aliphatic rings. The first kappa shape index (κ1) is 17.5. The molecule has 3 heterocycles. The Bertz CT molecular complexity index is 1000. The highest BCUT2D eigenvalue weighted by Crippen LogP contribution is 2.31. The third-order valence-corrected chi connectivity index (χ3v) is 5.17. The molecule has 1 aromatic carbocycles. The van der Waals surface area contributed by atoms with Crippen LogP contribution >= 0.6 is 0 Å². The van der Waals surface area contributed by atoms with Gasteiger partial charge in [-0.25, -0.2) is 9.37 Å². The summed E-state index contributed by atoms with van der Waals surface area (Å²) in [4.78, 5) is 18.1. The number of carbonyl (C=O) groups is 1. The van der Waals surface area contributed by atoms with E-state index in [0.29, 0.717) is 25.9 Å². The van der Waals surface area contributed by atoms with Gasteiger partial charge in [-0.05, 0) is 44.4 Å². The minimum absolute atomic E-state index is 0.279. The van der Waals surface area contributed by atoms with E-state index in [1.807, 2.05) is 24.4 Å². The zero-order valence-corrected chi connectivity index (χ0v) is 15.3. The average Bonchev–Trinajstić information content (AvgIpc) is 2.97. The van der Waals surface area contributed by atoms with Gasteiger partial charge in [0.05, 0.1) is 11.6 Å². The number of halogens is 1. The number of piperidine rings is 1. The summed E-state index contributed by atoms with van der Waals surface area (Å²) in [6.07, 6.45) is 1.23. The van der Waals surface area contributed by atoms with Crippen LogP contribution in [0.1, 0.15) is 24.2 Å². The van der Waals surface area contributed by atoms with Crippen molar-refractivity contribution in [2.24, 2.45) is 5.92 Å². The Balaban J connectivity index is 1.78. The van der Waals surface area contributed by atoms with E-state index in [2.05, 4.69) is 15.0 Å². The Labute approximate surface area is 156 Å². The highest BCUT2D eigenvalue weighted by Gasteiger charge is 2.27. The maximum Gasteiger partial charge on any atom is 0.306 e. The van der Waals surface area contributed by atoms with Crippen LogP contribution in [0.25, 0.3) is 16.8 Å². The molecule has 1 saturated heterocycles. The van der Waals surface area contributed by atoms with Crippen molar-refractivity contribution in [1.29, 1.82) is 0 Å². The largest absolute Gasteiger partial charge is 0.481 e. The van der Waals surface area contributed by atoms with Crippen LogP contribution in [-0.4, -0.2) is 38.8 Å². The summed E-state index contributed by atoms with van der Waals surface area (Å²) in [7, 11) is 0. The van der Waals surface area contributed by atoms with Gasteiger partial charge >= 0.3 is 5.97 Å². The van der Waals surface area contributed by atoms with Gasteiger partial charge in [0.15, 0.2) is 5.65 Å². The first-order valence-corrected chi connectivity index (χ1v) is 9.04. The first-order chi connectivity index (χ1) is 12.9. The molecule has 0 spiro atoms. The third kappa shape index (κ3) is 3.13. The van der Waals surface area contributed by atoms with Crippen molar-refractivity contribution in [2.45, 2.75) is 26.7 Å². The normalized spacial score (nSPS) is 15.4. The van der Waals surface area contributed by atoms with Gasteiger partial charge in [0.2, 0.25) is 0 Å². The third-order valence-electron chi connectivity index (χ3n) is 5.17. The first-order valence-electron chi connectivity index (χ1n) is 9.04. The van der Waals surface area contributed by atoms with Crippen LogP contribution in [0.15, 0.2) is 30.3 Å². The van der Waals surface area contributed by atoms with Gasteiger partial charge in [-0.3, -0.25) is 4.79 Å². The molecule has 140 valence electrons. The van der Waals surface area contributed by atoms with E-state index in [9.17, 15) is 14.3 Å². The van der Waals surface area contributed by atoms with Crippen molar-refractivity contribution in [2.75, 3.05) is 18.0 Å². The van der Waals surface area contributed by atoms with Gasteiger partial charge in [0.25, 0.3) is 0 Å². The Morgan fingerprint density at radius 2 is 1.85 bits per heavy atom. The van der Waals surface area contributed by atoms with Crippen LogP contribution in [-0.2, 0) is 4.79 Å². The zero-order valence-electron chi connectivity index (χ0n) is 15.3. The second-order valence-corrected chi connectivity index (χ2v) is 7.06.